The number of rotatable bonds is 5. The minimum atomic E-state index is -0.445. The van der Waals surface area contributed by atoms with E-state index in [0.717, 1.165) is 24.9 Å². The Bertz CT molecular complexity index is 831. The first-order chi connectivity index (χ1) is 13.7. The number of hydrogen-bond acceptors (Lipinski definition) is 5. The molecule has 28 heavy (non-hydrogen) atoms. The smallest absolute Gasteiger partial charge is 0.148 e. The van der Waals surface area contributed by atoms with Crippen molar-refractivity contribution in [2.45, 2.75) is 18.9 Å². The maximum absolute atomic E-state index is 13.6. The molecule has 1 aromatic carbocycles. The van der Waals surface area contributed by atoms with Crippen LogP contribution in [0.3, 0.4) is 0 Å². The monoisotopic (exact) mass is 402 g/mol. The van der Waals surface area contributed by atoms with Crippen molar-refractivity contribution in [3.63, 3.8) is 0 Å². The van der Waals surface area contributed by atoms with E-state index in [2.05, 4.69) is 20.4 Å². The van der Waals surface area contributed by atoms with E-state index < -0.39 is 5.82 Å². The van der Waals surface area contributed by atoms with Crippen LogP contribution in [0.5, 0.6) is 0 Å². The minimum Gasteiger partial charge on any atom is -0.381 e. The summed E-state index contributed by atoms with van der Waals surface area (Å²) in [6, 6.07) is 8.95. The Morgan fingerprint density at radius 3 is 2.61 bits per heavy atom. The molecule has 2 atom stereocenters. The van der Waals surface area contributed by atoms with Crippen molar-refractivity contribution >= 4 is 17.4 Å². The molecule has 2 unspecified atom stereocenters. The normalized spacial score (nSPS) is 27.6. The van der Waals surface area contributed by atoms with E-state index in [-0.39, 0.29) is 5.02 Å². The van der Waals surface area contributed by atoms with Crippen molar-refractivity contribution in [3.05, 3.63) is 41.2 Å². The molecule has 3 fully saturated rings. The molecule has 0 bridgehead atoms. The van der Waals surface area contributed by atoms with E-state index >= 15 is 0 Å². The van der Waals surface area contributed by atoms with Gasteiger partial charge in [-0.2, -0.15) is 0 Å². The highest BCUT2D eigenvalue weighted by molar-refractivity contribution is 6.33. The minimum absolute atomic E-state index is 0.0823. The highest BCUT2D eigenvalue weighted by Gasteiger charge is 2.55. The van der Waals surface area contributed by atoms with Gasteiger partial charge in [0, 0.05) is 44.5 Å². The number of piperidine rings is 1. The van der Waals surface area contributed by atoms with Crippen LogP contribution in [0.15, 0.2) is 30.3 Å². The molecule has 1 aromatic heterocycles. The lowest BCUT2D eigenvalue weighted by Gasteiger charge is -2.28. The van der Waals surface area contributed by atoms with Gasteiger partial charge in [0.1, 0.15) is 11.6 Å². The van der Waals surface area contributed by atoms with Crippen molar-refractivity contribution in [2.24, 2.45) is 17.8 Å². The van der Waals surface area contributed by atoms with Crippen LogP contribution in [-0.4, -0.2) is 54.0 Å². The molecule has 0 spiro atoms. The zero-order chi connectivity index (χ0) is 19.1. The molecule has 5 nitrogen and oxygen atoms in total. The fraction of sp³-hybridized carbons (Fsp3) is 0.524. The number of benzene rings is 1. The SMILES string of the molecule is Fc1cccc(-c2ccc(NC3C4CN(CC5CCOCC5)CC43)nn2)c1Cl. The average molecular weight is 403 g/mol. The Hall–Kier alpha value is -1.76. The zero-order valence-corrected chi connectivity index (χ0v) is 16.4. The molecule has 3 heterocycles. The Kier molecular flexibility index (Phi) is 4.95. The molecular weight excluding hydrogens is 379 g/mol. The number of aromatic nitrogens is 2. The average Bonchev–Trinajstić information content (AvgIpc) is 3.15. The van der Waals surface area contributed by atoms with Crippen molar-refractivity contribution in [1.29, 1.82) is 0 Å². The van der Waals surface area contributed by atoms with Crippen molar-refractivity contribution in [1.82, 2.24) is 15.1 Å². The molecule has 2 aromatic rings. The largest absolute Gasteiger partial charge is 0.381 e. The van der Waals surface area contributed by atoms with Gasteiger partial charge in [-0.1, -0.05) is 23.7 Å². The van der Waals surface area contributed by atoms with Crippen LogP contribution in [0, 0.1) is 23.6 Å². The molecule has 2 aliphatic heterocycles. The molecule has 0 radical (unpaired) electrons. The van der Waals surface area contributed by atoms with Crippen LogP contribution in [0.25, 0.3) is 11.3 Å². The zero-order valence-electron chi connectivity index (χ0n) is 15.7. The molecular formula is C21H24ClFN4O. The van der Waals surface area contributed by atoms with Crippen molar-refractivity contribution < 1.29 is 9.13 Å². The summed E-state index contributed by atoms with van der Waals surface area (Å²) in [4.78, 5) is 2.62. The van der Waals surface area contributed by atoms with Gasteiger partial charge >= 0.3 is 0 Å². The van der Waals surface area contributed by atoms with Gasteiger partial charge in [0.05, 0.1) is 10.7 Å². The lowest BCUT2D eigenvalue weighted by Crippen LogP contribution is -2.34. The summed E-state index contributed by atoms with van der Waals surface area (Å²) < 4.78 is 19.1. The summed E-state index contributed by atoms with van der Waals surface area (Å²) in [6.07, 6.45) is 2.40. The Balaban J connectivity index is 1.15. The number of likely N-dealkylation sites (tertiary alicyclic amines) is 1. The second-order valence-corrected chi connectivity index (χ2v) is 8.56. The summed E-state index contributed by atoms with van der Waals surface area (Å²) >= 11 is 6.04. The predicted molar refractivity (Wildman–Crippen MR) is 107 cm³/mol. The van der Waals surface area contributed by atoms with Gasteiger partial charge in [-0.05, 0) is 48.8 Å². The Morgan fingerprint density at radius 1 is 1.11 bits per heavy atom. The molecule has 1 aliphatic carbocycles. The Morgan fingerprint density at radius 2 is 1.89 bits per heavy atom. The third-order valence-electron chi connectivity index (χ3n) is 6.33. The Labute approximate surface area is 169 Å². The number of halogens is 2. The van der Waals surface area contributed by atoms with E-state index in [4.69, 9.17) is 16.3 Å². The third kappa shape index (κ3) is 3.61. The van der Waals surface area contributed by atoms with E-state index in [1.807, 2.05) is 12.1 Å². The fourth-order valence-corrected chi connectivity index (χ4v) is 4.92. The van der Waals surface area contributed by atoms with Gasteiger partial charge in [0.2, 0.25) is 0 Å². The molecule has 148 valence electrons. The first-order valence-corrected chi connectivity index (χ1v) is 10.4. The quantitative estimate of drug-likeness (QED) is 0.826. The van der Waals surface area contributed by atoms with E-state index in [1.54, 1.807) is 12.1 Å². The molecule has 3 aliphatic rings. The molecule has 7 heteroatoms. The first-order valence-electron chi connectivity index (χ1n) is 10.0. The van der Waals surface area contributed by atoms with Gasteiger partial charge in [-0.25, -0.2) is 4.39 Å². The van der Waals surface area contributed by atoms with Crippen LogP contribution in [-0.2, 0) is 4.74 Å². The highest BCUT2D eigenvalue weighted by Crippen LogP contribution is 2.47. The van der Waals surface area contributed by atoms with Gasteiger partial charge < -0.3 is 15.0 Å². The second-order valence-electron chi connectivity index (χ2n) is 8.18. The summed E-state index contributed by atoms with van der Waals surface area (Å²) in [5.41, 5.74) is 1.14. The second kappa shape index (κ2) is 7.58. The summed E-state index contributed by atoms with van der Waals surface area (Å²) in [5.74, 6) is 2.54. The highest BCUT2D eigenvalue weighted by atomic mass is 35.5. The van der Waals surface area contributed by atoms with Crippen molar-refractivity contribution in [3.8, 4) is 11.3 Å². The topological polar surface area (TPSA) is 50.3 Å². The van der Waals surface area contributed by atoms with Crippen LogP contribution in [0.1, 0.15) is 12.8 Å². The van der Waals surface area contributed by atoms with Crippen LogP contribution >= 0.6 is 11.6 Å². The van der Waals surface area contributed by atoms with E-state index in [0.29, 0.717) is 29.1 Å². The number of hydrogen-bond donors (Lipinski definition) is 1. The summed E-state index contributed by atoms with van der Waals surface area (Å²) in [6.45, 7) is 5.40. The summed E-state index contributed by atoms with van der Waals surface area (Å²) in [5, 5.41) is 12.1. The lowest BCUT2D eigenvalue weighted by molar-refractivity contribution is 0.0540. The van der Waals surface area contributed by atoms with Crippen LogP contribution < -0.4 is 5.32 Å². The van der Waals surface area contributed by atoms with Gasteiger partial charge in [-0.15, -0.1) is 10.2 Å². The van der Waals surface area contributed by atoms with E-state index in [1.165, 1.54) is 38.5 Å². The first kappa shape index (κ1) is 18.3. The maximum atomic E-state index is 13.6. The molecule has 1 saturated carbocycles. The van der Waals surface area contributed by atoms with Gasteiger partial charge in [0.15, 0.2) is 0 Å². The molecule has 2 saturated heterocycles. The molecule has 0 amide bonds. The number of ether oxygens (including phenoxy) is 1. The fourth-order valence-electron chi connectivity index (χ4n) is 4.70. The third-order valence-corrected chi connectivity index (χ3v) is 6.72. The molecule has 1 N–H and O–H groups in total. The van der Waals surface area contributed by atoms with Gasteiger partial charge in [-0.3, -0.25) is 0 Å². The lowest BCUT2D eigenvalue weighted by atomic mass is 10.00. The van der Waals surface area contributed by atoms with Gasteiger partial charge in [0.25, 0.3) is 0 Å². The number of anilines is 1. The molecule has 5 rings (SSSR count). The number of nitrogens with zero attached hydrogens (tertiary/aromatic N) is 3. The predicted octanol–water partition coefficient (Wildman–Crippen LogP) is 3.70. The van der Waals surface area contributed by atoms with E-state index in [9.17, 15) is 4.39 Å². The maximum Gasteiger partial charge on any atom is 0.148 e. The summed E-state index contributed by atoms with van der Waals surface area (Å²) in [7, 11) is 0. The van der Waals surface area contributed by atoms with Crippen LogP contribution in [0.2, 0.25) is 5.02 Å². The van der Waals surface area contributed by atoms with Crippen LogP contribution in [0.4, 0.5) is 10.2 Å². The standard InChI is InChI=1S/C21H24ClFN4O/c22-20-14(2-1-3-17(20)23)18-4-5-19(26-25-18)24-21-15-11-27(12-16(15)21)10-13-6-8-28-9-7-13/h1-5,13,15-16,21H,6-12H2,(H,24,26). The number of nitrogens with one attached hydrogen (secondary N) is 1. The number of fused-ring (bicyclic) bond motifs is 1. The van der Waals surface area contributed by atoms with Crippen molar-refractivity contribution in [2.75, 3.05) is 38.2 Å².